The van der Waals surface area contributed by atoms with E-state index in [1.807, 2.05) is 59.1 Å². The van der Waals surface area contributed by atoms with Crippen LogP contribution in [0.15, 0.2) is 35.7 Å². The van der Waals surface area contributed by atoms with E-state index in [0.717, 1.165) is 22.8 Å². The molecule has 0 aliphatic rings. The smallest absolute Gasteiger partial charge is 0.270 e. The monoisotopic (exact) mass is 487 g/mol. The van der Waals surface area contributed by atoms with Crippen LogP contribution in [0.1, 0.15) is 63.0 Å². The maximum absolute atomic E-state index is 12.7. The first kappa shape index (κ1) is 24.7. The molecule has 2 aromatic carbocycles. The number of anilines is 1. The molecule has 0 fully saturated rings. The maximum atomic E-state index is 12.7. The van der Waals surface area contributed by atoms with Gasteiger partial charge in [0.15, 0.2) is 5.13 Å². The van der Waals surface area contributed by atoms with Gasteiger partial charge in [-0.2, -0.15) is 0 Å². The molecule has 0 spiro atoms. The van der Waals surface area contributed by atoms with Gasteiger partial charge in [-0.05, 0) is 29.0 Å². The standard InChI is InChI=1S/C24H26ClN3O4S/c1-23(2,3)16-9-13(10-17(20(16)29)24(4,5)6)19-12-33-22(26-19)27-21(30)15-11-14(28(31)32)7-8-18(15)25/h7-12,29H,1-6H3,(H,26,27,30). The molecule has 0 bridgehead atoms. The van der Waals surface area contributed by atoms with Crippen molar-refractivity contribution in [2.24, 2.45) is 0 Å². The van der Waals surface area contributed by atoms with E-state index < -0.39 is 10.8 Å². The molecule has 0 aliphatic carbocycles. The van der Waals surface area contributed by atoms with Crippen molar-refractivity contribution in [3.8, 4) is 17.0 Å². The van der Waals surface area contributed by atoms with Gasteiger partial charge in [0.05, 0.1) is 21.2 Å². The number of phenolic OH excluding ortho intramolecular Hbond substituents is 1. The first-order valence-corrected chi connectivity index (χ1v) is 11.5. The molecule has 0 radical (unpaired) electrons. The largest absolute Gasteiger partial charge is 0.507 e. The van der Waals surface area contributed by atoms with Crippen molar-refractivity contribution in [3.63, 3.8) is 0 Å². The quantitative estimate of drug-likeness (QED) is 0.306. The van der Waals surface area contributed by atoms with Gasteiger partial charge < -0.3 is 5.11 Å². The average molecular weight is 488 g/mol. The summed E-state index contributed by atoms with van der Waals surface area (Å²) >= 11 is 7.31. The van der Waals surface area contributed by atoms with Crippen molar-refractivity contribution >= 4 is 39.7 Å². The second-order valence-electron chi connectivity index (χ2n) is 9.83. The second kappa shape index (κ2) is 8.76. The lowest BCUT2D eigenvalue weighted by Crippen LogP contribution is -2.17. The van der Waals surface area contributed by atoms with Crippen LogP contribution in [-0.2, 0) is 10.8 Å². The van der Waals surface area contributed by atoms with Gasteiger partial charge in [0.1, 0.15) is 5.75 Å². The average Bonchev–Trinajstić information content (AvgIpc) is 3.14. The minimum atomic E-state index is -0.584. The number of thiazole rings is 1. The lowest BCUT2D eigenvalue weighted by atomic mass is 9.78. The summed E-state index contributed by atoms with van der Waals surface area (Å²) in [6.07, 6.45) is 0. The molecule has 0 aliphatic heterocycles. The normalized spacial score (nSPS) is 12.0. The van der Waals surface area contributed by atoms with Crippen molar-refractivity contribution in [1.29, 1.82) is 0 Å². The number of carbonyl (C=O) groups is 1. The molecule has 1 aromatic heterocycles. The molecule has 174 valence electrons. The van der Waals surface area contributed by atoms with Crippen LogP contribution in [0.4, 0.5) is 10.8 Å². The molecule has 2 N–H and O–H groups in total. The van der Waals surface area contributed by atoms with E-state index in [0.29, 0.717) is 10.8 Å². The van der Waals surface area contributed by atoms with Crippen LogP contribution in [0.2, 0.25) is 5.02 Å². The molecule has 9 heteroatoms. The number of hydrogen-bond acceptors (Lipinski definition) is 6. The Bertz CT molecular complexity index is 1200. The van der Waals surface area contributed by atoms with E-state index in [1.165, 1.54) is 23.5 Å². The summed E-state index contributed by atoms with van der Waals surface area (Å²) in [5.74, 6) is -0.302. The summed E-state index contributed by atoms with van der Waals surface area (Å²) in [4.78, 5) is 27.7. The Kier molecular flexibility index (Phi) is 6.55. The summed E-state index contributed by atoms with van der Waals surface area (Å²) in [5, 5.41) is 26.9. The SMILES string of the molecule is CC(C)(C)c1cc(-c2csc(NC(=O)c3cc([N+](=O)[O-])ccc3Cl)n2)cc(C(C)(C)C)c1O. The van der Waals surface area contributed by atoms with E-state index in [1.54, 1.807) is 0 Å². The van der Waals surface area contributed by atoms with E-state index in [9.17, 15) is 20.0 Å². The number of nitro groups is 1. The van der Waals surface area contributed by atoms with Crippen molar-refractivity contribution in [2.75, 3.05) is 5.32 Å². The van der Waals surface area contributed by atoms with Crippen LogP contribution in [0.5, 0.6) is 5.75 Å². The first-order chi connectivity index (χ1) is 15.2. The fourth-order valence-electron chi connectivity index (χ4n) is 3.35. The highest BCUT2D eigenvalue weighted by molar-refractivity contribution is 7.14. The number of aromatic nitrogens is 1. The van der Waals surface area contributed by atoms with Crippen LogP contribution in [0.25, 0.3) is 11.3 Å². The Balaban J connectivity index is 1.97. The summed E-state index contributed by atoms with van der Waals surface area (Å²) in [6.45, 7) is 12.2. The van der Waals surface area contributed by atoms with Gasteiger partial charge in [-0.25, -0.2) is 4.98 Å². The number of hydrogen-bond donors (Lipinski definition) is 2. The van der Waals surface area contributed by atoms with Gasteiger partial charge in [0.25, 0.3) is 11.6 Å². The lowest BCUT2D eigenvalue weighted by Gasteiger charge is -2.28. The number of nitrogens with zero attached hydrogens (tertiary/aromatic N) is 2. The highest BCUT2D eigenvalue weighted by Gasteiger charge is 2.27. The first-order valence-electron chi connectivity index (χ1n) is 10.3. The summed E-state index contributed by atoms with van der Waals surface area (Å²) in [5.41, 5.74) is 2.30. The number of phenols is 1. The highest BCUT2D eigenvalue weighted by atomic mass is 35.5. The van der Waals surface area contributed by atoms with Gasteiger partial charge in [-0.15, -0.1) is 11.3 Å². The van der Waals surface area contributed by atoms with E-state index in [-0.39, 0.29) is 32.9 Å². The van der Waals surface area contributed by atoms with Crippen molar-refractivity contribution in [3.05, 3.63) is 67.5 Å². The third-order valence-corrected chi connectivity index (χ3v) is 6.24. The number of carbonyl (C=O) groups excluding carboxylic acids is 1. The zero-order chi connectivity index (χ0) is 24.7. The van der Waals surface area contributed by atoms with Crippen molar-refractivity contribution in [1.82, 2.24) is 4.98 Å². The molecular weight excluding hydrogens is 462 g/mol. The van der Waals surface area contributed by atoms with Gasteiger partial charge in [0.2, 0.25) is 0 Å². The van der Waals surface area contributed by atoms with Gasteiger partial charge in [0, 0.05) is 34.2 Å². The number of amides is 1. The zero-order valence-corrected chi connectivity index (χ0v) is 20.9. The molecule has 0 saturated heterocycles. The Morgan fingerprint density at radius 3 is 2.18 bits per heavy atom. The molecular formula is C24H26ClN3O4S. The number of halogens is 1. The number of nitro benzene ring substituents is 1. The summed E-state index contributed by atoms with van der Waals surface area (Å²) < 4.78 is 0. The van der Waals surface area contributed by atoms with Crippen LogP contribution in [-0.4, -0.2) is 20.9 Å². The van der Waals surface area contributed by atoms with Crippen molar-refractivity contribution in [2.45, 2.75) is 52.4 Å². The number of rotatable bonds is 4. The minimum Gasteiger partial charge on any atom is -0.507 e. The van der Waals surface area contributed by atoms with Crippen LogP contribution >= 0.6 is 22.9 Å². The Morgan fingerprint density at radius 2 is 1.67 bits per heavy atom. The molecule has 1 amide bonds. The molecule has 3 aromatic rings. The third kappa shape index (κ3) is 5.34. The Morgan fingerprint density at radius 1 is 1.09 bits per heavy atom. The minimum absolute atomic E-state index is 0.00251. The second-order valence-corrected chi connectivity index (χ2v) is 11.1. The molecule has 1 heterocycles. The third-order valence-electron chi connectivity index (χ3n) is 5.15. The summed E-state index contributed by atoms with van der Waals surface area (Å²) in [7, 11) is 0. The summed E-state index contributed by atoms with van der Waals surface area (Å²) in [6, 6.07) is 7.54. The predicted octanol–water partition coefficient (Wildman–Crippen LogP) is 6.92. The zero-order valence-electron chi connectivity index (χ0n) is 19.3. The fourth-order valence-corrected chi connectivity index (χ4v) is 4.27. The number of nitrogens with one attached hydrogen (secondary N) is 1. The molecule has 0 saturated carbocycles. The highest BCUT2D eigenvalue weighted by Crippen LogP contribution is 2.42. The molecule has 3 rings (SSSR count). The molecule has 0 unspecified atom stereocenters. The Labute approximate surface area is 201 Å². The van der Waals surface area contributed by atoms with Gasteiger partial charge in [-0.3, -0.25) is 20.2 Å². The maximum Gasteiger partial charge on any atom is 0.270 e. The Hall–Kier alpha value is -2.97. The fraction of sp³-hybridized carbons (Fsp3) is 0.333. The predicted molar refractivity (Wildman–Crippen MR) is 133 cm³/mol. The van der Waals surface area contributed by atoms with Crippen LogP contribution < -0.4 is 5.32 Å². The number of benzene rings is 2. The van der Waals surface area contributed by atoms with Gasteiger partial charge in [-0.1, -0.05) is 53.1 Å². The lowest BCUT2D eigenvalue weighted by molar-refractivity contribution is -0.384. The van der Waals surface area contributed by atoms with Crippen LogP contribution in [0.3, 0.4) is 0 Å². The topological polar surface area (TPSA) is 105 Å². The molecule has 7 nitrogen and oxygen atoms in total. The van der Waals surface area contributed by atoms with Crippen LogP contribution in [0, 0.1) is 10.1 Å². The van der Waals surface area contributed by atoms with E-state index in [2.05, 4.69) is 10.3 Å². The molecule has 0 atom stereocenters. The van der Waals surface area contributed by atoms with E-state index in [4.69, 9.17) is 11.6 Å². The number of non-ortho nitro benzene ring substituents is 1. The molecule has 33 heavy (non-hydrogen) atoms. The number of aromatic hydroxyl groups is 1. The van der Waals surface area contributed by atoms with Gasteiger partial charge >= 0.3 is 0 Å². The van der Waals surface area contributed by atoms with E-state index >= 15 is 0 Å². The van der Waals surface area contributed by atoms with Crippen molar-refractivity contribution < 1.29 is 14.8 Å².